The van der Waals surface area contributed by atoms with E-state index >= 15 is 0 Å². The van der Waals surface area contributed by atoms with Gasteiger partial charge in [-0.2, -0.15) is 0 Å². The molecule has 8 heteroatoms. The van der Waals surface area contributed by atoms with Crippen molar-refractivity contribution in [1.29, 1.82) is 0 Å². The largest absolute Gasteiger partial charge is 0.461 e. The van der Waals surface area contributed by atoms with Crippen LogP contribution in [0.1, 0.15) is 19.4 Å². The van der Waals surface area contributed by atoms with Gasteiger partial charge in [-0.15, -0.1) is 0 Å². The van der Waals surface area contributed by atoms with E-state index in [1.54, 1.807) is 13.0 Å². The van der Waals surface area contributed by atoms with Gasteiger partial charge in [-0.3, -0.25) is 0 Å². The highest BCUT2D eigenvalue weighted by molar-refractivity contribution is 9.10. The molecule has 0 saturated carbocycles. The van der Waals surface area contributed by atoms with Crippen molar-refractivity contribution in [2.24, 2.45) is 5.11 Å². The first-order valence-electron chi connectivity index (χ1n) is 7.82. The summed E-state index contributed by atoms with van der Waals surface area (Å²) < 4.78 is 13.0. The predicted octanol–water partition coefficient (Wildman–Crippen LogP) is 6.62. The van der Waals surface area contributed by atoms with Crippen molar-refractivity contribution in [2.45, 2.75) is 39.0 Å². The zero-order chi connectivity index (χ0) is 18.8. The Morgan fingerprint density at radius 3 is 2.72 bits per heavy atom. The number of hydrogen-bond donors (Lipinski definition) is 0. The number of ether oxygens (including phenoxy) is 1. The molecule has 1 heterocycles. The monoisotopic (exact) mass is 441 g/mol. The zero-order valence-electron chi connectivity index (χ0n) is 14.9. The van der Waals surface area contributed by atoms with Crippen molar-refractivity contribution < 1.29 is 9.16 Å². The number of fused-ring (bicyclic) bond motifs is 1. The Morgan fingerprint density at radius 2 is 2.16 bits per heavy atom. The number of azide groups is 1. The smallest absolute Gasteiger partial charge is 0.183 e. The fourth-order valence-electron chi connectivity index (χ4n) is 2.68. The second kappa shape index (κ2) is 7.56. The molecule has 0 radical (unpaired) electrons. The molecule has 0 N–H and O–H groups in total. The summed E-state index contributed by atoms with van der Waals surface area (Å²) in [5, 5.41) is 4.77. The van der Waals surface area contributed by atoms with E-state index < -0.39 is 13.9 Å². The molecule has 5 nitrogen and oxygen atoms in total. The van der Waals surface area contributed by atoms with Crippen molar-refractivity contribution in [3.8, 4) is 5.75 Å². The molecule has 25 heavy (non-hydrogen) atoms. The molecule has 0 aliphatic carbocycles. The number of rotatable bonds is 5. The van der Waals surface area contributed by atoms with Gasteiger partial charge in [0.25, 0.3) is 0 Å². The first-order chi connectivity index (χ1) is 11.6. The lowest BCUT2D eigenvalue weighted by Gasteiger charge is -2.38. The molecule has 1 aromatic carbocycles. The fraction of sp³-hybridized carbons (Fsp3) is 0.412. The van der Waals surface area contributed by atoms with Gasteiger partial charge in [0.05, 0.1) is 6.61 Å². The van der Waals surface area contributed by atoms with Crippen molar-refractivity contribution in [1.82, 2.24) is 0 Å². The summed E-state index contributed by atoms with van der Waals surface area (Å²) in [5.41, 5.74) is 9.76. The second-order valence-corrected chi connectivity index (χ2v) is 12.9. The number of allylic oxidation sites excluding steroid dienone is 2. The van der Waals surface area contributed by atoms with Crippen molar-refractivity contribution >= 4 is 35.8 Å². The molecule has 134 valence electrons. The lowest BCUT2D eigenvalue weighted by molar-refractivity contribution is 0.221. The van der Waals surface area contributed by atoms with Gasteiger partial charge in [-0.1, -0.05) is 32.6 Å². The number of benzene rings is 1. The van der Waals surface area contributed by atoms with Gasteiger partial charge in [-0.25, -0.2) is 0 Å². The van der Waals surface area contributed by atoms with Crippen LogP contribution in [-0.4, -0.2) is 14.9 Å². The van der Waals surface area contributed by atoms with Gasteiger partial charge in [-0.05, 0) is 63.3 Å². The Bertz CT molecular complexity index is 794. The molecule has 1 unspecified atom stereocenters. The van der Waals surface area contributed by atoms with Crippen molar-refractivity contribution in [2.75, 3.05) is 6.61 Å². The van der Waals surface area contributed by atoms with Crippen LogP contribution in [0.4, 0.5) is 0 Å². The molecule has 1 aromatic rings. The zero-order valence-corrected chi connectivity index (χ0v) is 18.3. The molecule has 0 aromatic heterocycles. The van der Waals surface area contributed by atoms with E-state index in [1.807, 2.05) is 25.1 Å². The van der Waals surface area contributed by atoms with Crippen LogP contribution in [0.2, 0.25) is 19.6 Å². The summed E-state index contributed by atoms with van der Waals surface area (Å²) in [6, 6.07) is 5.65. The molecule has 1 atom stereocenters. The Kier molecular flexibility index (Phi) is 6.07. The van der Waals surface area contributed by atoms with Crippen LogP contribution in [0.3, 0.4) is 0 Å². The molecule has 2 rings (SSSR count). The van der Waals surface area contributed by atoms with E-state index in [4.69, 9.17) is 20.8 Å². The van der Waals surface area contributed by atoms with E-state index in [0.717, 1.165) is 10.0 Å². The molecule has 1 aliphatic heterocycles. The average Bonchev–Trinajstić information content (AvgIpc) is 2.49. The lowest BCUT2D eigenvalue weighted by Crippen LogP contribution is -2.40. The summed E-state index contributed by atoms with van der Waals surface area (Å²) in [6.45, 7) is 10.1. The van der Waals surface area contributed by atoms with E-state index in [-0.39, 0.29) is 6.61 Å². The highest BCUT2D eigenvalue weighted by Gasteiger charge is 2.43. The molecule has 0 fully saturated rings. The van der Waals surface area contributed by atoms with Gasteiger partial charge in [0.1, 0.15) is 17.0 Å². The summed E-state index contributed by atoms with van der Waals surface area (Å²) in [5.74, 6) is 1.29. The molecular weight excluding hydrogens is 422 g/mol. The minimum Gasteiger partial charge on any atom is -0.461 e. The number of halogens is 2. The minimum absolute atomic E-state index is 0.229. The molecule has 0 spiro atoms. The molecular formula is C17H21BrClN3O2Si. The normalized spacial score (nSPS) is 20.7. The van der Waals surface area contributed by atoms with Gasteiger partial charge in [0, 0.05) is 25.6 Å². The Balaban J connectivity index is 2.77. The van der Waals surface area contributed by atoms with Crippen molar-refractivity contribution in [3.05, 3.63) is 61.1 Å². The highest BCUT2D eigenvalue weighted by Crippen LogP contribution is 2.47. The number of nitrogens with zero attached hydrogens (tertiary/aromatic N) is 3. The third kappa shape index (κ3) is 4.48. The minimum atomic E-state index is -1.86. The van der Waals surface area contributed by atoms with Crippen molar-refractivity contribution in [3.63, 3.8) is 0 Å². The fourth-order valence-corrected chi connectivity index (χ4v) is 3.79. The summed E-state index contributed by atoms with van der Waals surface area (Å²) in [6.07, 6.45) is 1.78. The first-order valence-corrected chi connectivity index (χ1v) is 12.4. The summed E-state index contributed by atoms with van der Waals surface area (Å²) in [4.78, 5) is 3.14. The van der Waals surface area contributed by atoms with Gasteiger partial charge in [0.2, 0.25) is 0 Å². The lowest BCUT2D eigenvalue weighted by atomic mass is 9.81. The number of hydrogen-bond acceptors (Lipinski definition) is 3. The van der Waals surface area contributed by atoms with Crippen LogP contribution in [0.25, 0.3) is 10.4 Å². The van der Waals surface area contributed by atoms with E-state index in [0.29, 0.717) is 22.1 Å². The summed E-state index contributed by atoms with van der Waals surface area (Å²) >= 11 is 9.64. The Morgan fingerprint density at radius 1 is 1.48 bits per heavy atom. The molecule has 1 aliphatic rings. The summed E-state index contributed by atoms with van der Waals surface area (Å²) in [7, 11) is -1.86. The van der Waals surface area contributed by atoms with Crippen LogP contribution < -0.4 is 4.74 Å². The third-order valence-corrected chi connectivity index (χ3v) is 5.36. The Labute approximate surface area is 162 Å². The van der Waals surface area contributed by atoms with Crippen LogP contribution in [0.5, 0.6) is 5.75 Å². The molecule has 0 amide bonds. The van der Waals surface area contributed by atoms with Gasteiger partial charge in [0.15, 0.2) is 8.32 Å². The first kappa shape index (κ1) is 20.1. The van der Waals surface area contributed by atoms with E-state index in [9.17, 15) is 5.53 Å². The van der Waals surface area contributed by atoms with E-state index in [2.05, 4.69) is 45.6 Å². The quantitative estimate of drug-likeness (QED) is 0.223. The van der Waals surface area contributed by atoms with Gasteiger partial charge < -0.3 is 9.16 Å². The SMILES string of the molecule is CC1=C(/C=C(\C)Cl)C(CO[Si](C)(C)C)(N=[N+]=[N-])c2cc(Br)ccc2O1. The maximum Gasteiger partial charge on any atom is 0.183 e. The van der Waals surface area contributed by atoms with Crippen LogP contribution in [0, 0.1) is 0 Å². The van der Waals surface area contributed by atoms with E-state index in [1.165, 1.54) is 0 Å². The molecule has 0 bridgehead atoms. The average molecular weight is 443 g/mol. The predicted molar refractivity (Wildman–Crippen MR) is 107 cm³/mol. The van der Waals surface area contributed by atoms with Gasteiger partial charge >= 0.3 is 0 Å². The topological polar surface area (TPSA) is 67.2 Å². The van der Waals surface area contributed by atoms with Crippen LogP contribution in [-0.2, 0) is 9.96 Å². The Hall–Kier alpha value is -1.24. The third-order valence-electron chi connectivity index (χ3n) is 3.75. The maximum absolute atomic E-state index is 9.33. The maximum atomic E-state index is 9.33. The van der Waals surface area contributed by atoms with Crippen LogP contribution in [0.15, 0.2) is 50.2 Å². The highest BCUT2D eigenvalue weighted by atomic mass is 79.9. The second-order valence-electron chi connectivity index (χ2n) is 6.89. The standard InChI is InChI=1S/C17H21BrClN3O2Si/c1-11(19)8-14-12(2)24-16-7-6-13(18)9-15(16)17(14,21-22-20)10-23-25(3,4)5/h6-9H,10H2,1-5H3/b11-8+. The molecule has 0 saturated heterocycles. The van der Waals surface area contributed by atoms with Crippen LogP contribution >= 0.6 is 27.5 Å².